The van der Waals surface area contributed by atoms with Crippen molar-refractivity contribution < 1.29 is 9.47 Å². The maximum absolute atomic E-state index is 5.97. The lowest BCUT2D eigenvalue weighted by molar-refractivity contribution is 0.0495. The Hall–Kier alpha value is -0.0600. The molecule has 2 nitrogen and oxygen atoms in total. The third-order valence-electron chi connectivity index (χ3n) is 3.00. The van der Waals surface area contributed by atoms with E-state index in [1.165, 1.54) is 5.56 Å². The SMILES string of the molecule is BrCc1cccc(Br)c1OCC1CCOCC1. The second-order valence-corrected chi connectivity index (χ2v) is 5.64. The van der Waals surface area contributed by atoms with Crippen molar-refractivity contribution in [1.82, 2.24) is 0 Å². The smallest absolute Gasteiger partial charge is 0.137 e. The van der Waals surface area contributed by atoms with E-state index >= 15 is 0 Å². The van der Waals surface area contributed by atoms with Crippen LogP contribution in [0, 0.1) is 5.92 Å². The molecule has 1 aliphatic rings. The van der Waals surface area contributed by atoms with Gasteiger partial charge < -0.3 is 9.47 Å². The molecule has 0 radical (unpaired) electrons. The summed E-state index contributed by atoms with van der Waals surface area (Å²) in [6.45, 7) is 2.52. The molecule has 1 aliphatic heterocycles. The first-order valence-corrected chi connectivity index (χ1v) is 7.76. The minimum atomic E-state index is 0.624. The van der Waals surface area contributed by atoms with E-state index in [-0.39, 0.29) is 0 Å². The molecule has 0 unspecified atom stereocenters. The van der Waals surface area contributed by atoms with Crippen LogP contribution < -0.4 is 4.74 Å². The molecule has 1 aromatic carbocycles. The molecule has 2 rings (SSSR count). The maximum Gasteiger partial charge on any atom is 0.137 e. The predicted molar refractivity (Wildman–Crippen MR) is 75.8 cm³/mol. The normalized spacial score (nSPS) is 17.1. The minimum Gasteiger partial charge on any atom is -0.492 e. The van der Waals surface area contributed by atoms with Crippen molar-refractivity contribution in [3.8, 4) is 5.75 Å². The molecule has 4 heteroatoms. The van der Waals surface area contributed by atoms with Crippen LogP contribution in [0.2, 0.25) is 0 Å². The zero-order valence-corrected chi connectivity index (χ0v) is 12.8. The summed E-state index contributed by atoms with van der Waals surface area (Å²) in [7, 11) is 0. The van der Waals surface area contributed by atoms with E-state index in [1.807, 2.05) is 12.1 Å². The van der Waals surface area contributed by atoms with Crippen molar-refractivity contribution in [1.29, 1.82) is 0 Å². The van der Waals surface area contributed by atoms with Gasteiger partial charge in [-0.3, -0.25) is 0 Å². The van der Waals surface area contributed by atoms with Gasteiger partial charge in [-0.2, -0.15) is 0 Å². The molecule has 1 aromatic rings. The van der Waals surface area contributed by atoms with Crippen molar-refractivity contribution in [2.45, 2.75) is 18.2 Å². The molecule has 0 bridgehead atoms. The molecule has 1 saturated heterocycles. The number of benzene rings is 1. The van der Waals surface area contributed by atoms with Crippen LogP contribution in [0.5, 0.6) is 5.75 Å². The molecule has 1 heterocycles. The van der Waals surface area contributed by atoms with E-state index in [0.29, 0.717) is 5.92 Å². The van der Waals surface area contributed by atoms with Gasteiger partial charge in [0, 0.05) is 24.1 Å². The fourth-order valence-electron chi connectivity index (χ4n) is 1.93. The van der Waals surface area contributed by atoms with E-state index in [0.717, 1.165) is 48.2 Å². The highest BCUT2D eigenvalue weighted by molar-refractivity contribution is 9.10. The van der Waals surface area contributed by atoms with E-state index in [2.05, 4.69) is 37.9 Å². The molecule has 0 spiro atoms. The lowest BCUT2D eigenvalue weighted by Crippen LogP contribution is -2.21. The van der Waals surface area contributed by atoms with Crippen LogP contribution in [0.1, 0.15) is 18.4 Å². The molecule has 0 aromatic heterocycles. The number of ether oxygens (including phenoxy) is 2. The Morgan fingerprint density at radius 1 is 1.29 bits per heavy atom. The molecular formula is C13H16Br2O2. The van der Waals surface area contributed by atoms with Crippen LogP contribution in [0.3, 0.4) is 0 Å². The molecule has 0 amide bonds. The topological polar surface area (TPSA) is 18.5 Å². The summed E-state index contributed by atoms with van der Waals surface area (Å²) in [4.78, 5) is 0. The Morgan fingerprint density at radius 3 is 2.76 bits per heavy atom. The standard InChI is InChI=1S/C13H16Br2O2/c14-8-11-2-1-3-12(15)13(11)17-9-10-4-6-16-7-5-10/h1-3,10H,4-9H2. The summed E-state index contributed by atoms with van der Waals surface area (Å²) in [5.41, 5.74) is 1.19. The fraction of sp³-hybridized carbons (Fsp3) is 0.538. The largest absolute Gasteiger partial charge is 0.492 e. The Kier molecular flexibility index (Phi) is 5.32. The van der Waals surface area contributed by atoms with Crippen LogP contribution in [-0.4, -0.2) is 19.8 Å². The van der Waals surface area contributed by atoms with Crippen LogP contribution >= 0.6 is 31.9 Å². The fourth-order valence-corrected chi connectivity index (χ4v) is 2.90. The highest BCUT2D eigenvalue weighted by Gasteiger charge is 2.16. The number of para-hydroxylation sites is 1. The Balaban J connectivity index is 1.97. The lowest BCUT2D eigenvalue weighted by Gasteiger charge is -2.23. The number of hydrogen-bond acceptors (Lipinski definition) is 2. The van der Waals surface area contributed by atoms with Crippen molar-refractivity contribution in [2.24, 2.45) is 5.92 Å². The van der Waals surface area contributed by atoms with Gasteiger partial charge in [-0.1, -0.05) is 28.1 Å². The first-order chi connectivity index (χ1) is 8.31. The van der Waals surface area contributed by atoms with Crippen LogP contribution in [0.15, 0.2) is 22.7 Å². The summed E-state index contributed by atoms with van der Waals surface area (Å²) in [6.07, 6.45) is 2.21. The monoisotopic (exact) mass is 362 g/mol. The molecule has 0 aliphatic carbocycles. The second-order valence-electron chi connectivity index (χ2n) is 4.23. The van der Waals surface area contributed by atoms with E-state index in [1.54, 1.807) is 0 Å². The number of halogens is 2. The number of hydrogen-bond donors (Lipinski definition) is 0. The quantitative estimate of drug-likeness (QED) is 0.748. The maximum atomic E-state index is 5.97. The summed E-state index contributed by atoms with van der Waals surface area (Å²) >= 11 is 7.03. The molecule has 0 N–H and O–H groups in total. The van der Waals surface area contributed by atoms with Gasteiger partial charge >= 0.3 is 0 Å². The molecular weight excluding hydrogens is 348 g/mol. The van der Waals surface area contributed by atoms with Gasteiger partial charge in [-0.25, -0.2) is 0 Å². The average Bonchev–Trinajstić information content (AvgIpc) is 2.38. The number of rotatable bonds is 4. The third-order valence-corrected chi connectivity index (χ3v) is 4.23. The Bertz CT molecular complexity index is 362. The van der Waals surface area contributed by atoms with Gasteiger partial charge in [0.05, 0.1) is 11.1 Å². The molecule has 0 atom stereocenters. The minimum absolute atomic E-state index is 0.624. The van der Waals surface area contributed by atoms with Crippen molar-refractivity contribution >= 4 is 31.9 Å². The van der Waals surface area contributed by atoms with Gasteiger partial charge in [0.25, 0.3) is 0 Å². The molecule has 1 fully saturated rings. The van der Waals surface area contributed by atoms with Crippen LogP contribution in [-0.2, 0) is 10.1 Å². The Labute approximate surface area is 119 Å². The summed E-state index contributed by atoms with van der Waals surface area (Å²) in [5, 5.41) is 0.815. The van der Waals surface area contributed by atoms with Crippen molar-refractivity contribution in [2.75, 3.05) is 19.8 Å². The number of alkyl halides is 1. The summed E-state index contributed by atoms with van der Waals surface area (Å²) in [5.74, 6) is 1.59. The van der Waals surface area contributed by atoms with Crippen LogP contribution in [0.25, 0.3) is 0 Å². The van der Waals surface area contributed by atoms with E-state index in [4.69, 9.17) is 9.47 Å². The highest BCUT2D eigenvalue weighted by Crippen LogP contribution is 2.31. The average molecular weight is 364 g/mol. The van der Waals surface area contributed by atoms with E-state index < -0.39 is 0 Å². The summed E-state index contributed by atoms with van der Waals surface area (Å²) in [6, 6.07) is 6.13. The van der Waals surface area contributed by atoms with Gasteiger partial charge in [-0.15, -0.1) is 0 Å². The van der Waals surface area contributed by atoms with Crippen LogP contribution in [0.4, 0.5) is 0 Å². The molecule has 0 saturated carbocycles. The van der Waals surface area contributed by atoms with E-state index in [9.17, 15) is 0 Å². The van der Waals surface area contributed by atoms with Gasteiger partial charge in [0.2, 0.25) is 0 Å². The second kappa shape index (κ2) is 6.76. The first kappa shape index (κ1) is 13.4. The molecule has 94 valence electrons. The zero-order valence-electron chi connectivity index (χ0n) is 9.62. The van der Waals surface area contributed by atoms with Crippen molar-refractivity contribution in [3.05, 3.63) is 28.2 Å². The Morgan fingerprint density at radius 2 is 2.06 bits per heavy atom. The summed E-state index contributed by atoms with van der Waals surface area (Å²) < 4.78 is 12.3. The first-order valence-electron chi connectivity index (χ1n) is 5.85. The highest BCUT2D eigenvalue weighted by atomic mass is 79.9. The van der Waals surface area contributed by atoms with Gasteiger partial charge in [0.15, 0.2) is 0 Å². The third kappa shape index (κ3) is 3.70. The lowest BCUT2D eigenvalue weighted by atomic mass is 10.0. The van der Waals surface area contributed by atoms with Gasteiger partial charge in [0.1, 0.15) is 5.75 Å². The van der Waals surface area contributed by atoms with Gasteiger partial charge in [-0.05, 0) is 40.8 Å². The molecule has 17 heavy (non-hydrogen) atoms. The van der Waals surface area contributed by atoms with Crippen molar-refractivity contribution in [3.63, 3.8) is 0 Å². The predicted octanol–water partition coefficient (Wildman–Crippen LogP) is 4.15. The zero-order chi connectivity index (χ0) is 12.1.